The van der Waals surface area contributed by atoms with E-state index in [0.29, 0.717) is 21.5 Å². The van der Waals surface area contributed by atoms with Crippen molar-refractivity contribution in [1.82, 2.24) is 4.98 Å². The number of ether oxygens (including phenoxy) is 2. The van der Waals surface area contributed by atoms with Crippen LogP contribution in [0, 0.1) is 0 Å². The second kappa shape index (κ2) is 5.72. The first-order valence-corrected chi connectivity index (χ1v) is 9.11. The van der Waals surface area contributed by atoms with E-state index in [1.807, 2.05) is 30.3 Å². The number of halogens is 1. The molecule has 3 aromatic rings. The number of aliphatic imine (C=N–C) groups is 1. The predicted octanol–water partition coefficient (Wildman–Crippen LogP) is 3.91. The van der Waals surface area contributed by atoms with Crippen LogP contribution in [0.3, 0.4) is 0 Å². The van der Waals surface area contributed by atoms with Gasteiger partial charge >= 0.3 is 0 Å². The molecule has 1 aromatic heterocycles. The third kappa shape index (κ3) is 2.31. The topological polar surface area (TPSA) is 90.0 Å². The van der Waals surface area contributed by atoms with Crippen LogP contribution in [0.5, 0.6) is 17.2 Å². The fraction of sp³-hybridized carbons (Fsp3) is 0.100. The van der Waals surface area contributed by atoms with E-state index in [9.17, 15) is 5.11 Å². The van der Waals surface area contributed by atoms with Crippen molar-refractivity contribution in [3.63, 3.8) is 0 Å². The summed E-state index contributed by atoms with van der Waals surface area (Å²) in [5, 5.41) is 10.2. The molecule has 1 unspecified atom stereocenters. The van der Waals surface area contributed by atoms with Crippen molar-refractivity contribution in [2.45, 2.75) is 5.54 Å². The van der Waals surface area contributed by atoms with Gasteiger partial charge in [0.05, 0.1) is 4.47 Å². The van der Waals surface area contributed by atoms with E-state index >= 15 is 0 Å². The van der Waals surface area contributed by atoms with Gasteiger partial charge in [-0.2, -0.15) is 0 Å². The molecular formula is C20H14BrN3O3. The Morgan fingerprint density at radius 1 is 1.11 bits per heavy atom. The fourth-order valence-electron chi connectivity index (χ4n) is 3.62. The molecule has 1 spiro atoms. The van der Waals surface area contributed by atoms with Crippen LogP contribution < -0.4 is 10.5 Å². The molecule has 6 nitrogen and oxygen atoms in total. The first-order chi connectivity index (χ1) is 13.1. The van der Waals surface area contributed by atoms with Crippen LogP contribution in [0.15, 0.2) is 64.3 Å². The lowest BCUT2D eigenvalue weighted by Gasteiger charge is -2.34. The summed E-state index contributed by atoms with van der Waals surface area (Å²) >= 11 is 3.48. The molecule has 1 atom stereocenters. The third-order valence-electron chi connectivity index (χ3n) is 4.87. The number of nitrogens with zero attached hydrogens (tertiary/aromatic N) is 2. The standard InChI is InChI=1S/C20H14BrN3O3/c21-18-14(25)4-6-16-17(18)20(10-26-19(22)24-20)13-8-11(3-5-15(13)27-16)12-2-1-7-23-9-12/h1-9,25H,10H2,(H2,22,24). The van der Waals surface area contributed by atoms with Crippen LogP contribution in [0.4, 0.5) is 0 Å². The van der Waals surface area contributed by atoms with Gasteiger partial charge in [-0.15, -0.1) is 0 Å². The number of rotatable bonds is 1. The van der Waals surface area contributed by atoms with E-state index in [2.05, 4.69) is 25.9 Å². The van der Waals surface area contributed by atoms with Gasteiger partial charge in [-0.05, 0) is 51.8 Å². The van der Waals surface area contributed by atoms with Crippen LogP contribution in [0.1, 0.15) is 11.1 Å². The summed E-state index contributed by atoms with van der Waals surface area (Å²) in [5.74, 6) is 1.38. The Morgan fingerprint density at radius 3 is 2.70 bits per heavy atom. The summed E-state index contributed by atoms with van der Waals surface area (Å²) in [7, 11) is 0. The fourth-order valence-corrected chi connectivity index (χ4v) is 4.28. The van der Waals surface area contributed by atoms with Crippen molar-refractivity contribution >= 4 is 22.0 Å². The van der Waals surface area contributed by atoms with E-state index < -0.39 is 5.54 Å². The van der Waals surface area contributed by atoms with E-state index in [1.54, 1.807) is 24.5 Å². The molecule has 134 valence electrons. The normalized spacial score (nSPS) is 19.7. The lowest BCUT2D eigenvalue weighted by Crippen LogP contribution is -2.31. The summed E-state index contributed by atoms with van der Waals surface area (Å²) in [4.78, 5) is 8.83. The maximum atomic E-state index is 10.2. The van der Waals surface area contributed by atoms with E-state index in [0.717, 1.165) is 16.7 Å². The van der Waals surface area contributed by atoms with Crippen molar-refractivity contribution < 1.29 is 14.6 Å². The minimum absolute atomic E-state index is 0.101. The zero-order valence-corrected chi connectivity index (χ0v) is 15.6. The second-order valence-electron chi connectivity index (χ2n) is 6.43. The first kappa shape index (κ1) is 16.1. The quantitative estimate of drug-likeness (QED) is 0.618. The number of amidine groups is 1. The minimum atomic E-state index is -0.900. The van der Waals surface area contributed by atoms with Crippen LogP contribution >= 0.6 is 15.9 Å². The molecule has 2 aliphatic rings. The van der Waals surface area contributed by atoms with Crippen molar-refractivity contribution in [1.29, 1.82) is 0 Å². The zero-order chi connectivity index (χ0) is 18.6. The number of hydrogen-bond acceptors (Lipinski definition) is 6. The highest BCUT2D eigenvalue weighted by atomic mass is 79.9. The lowest BCUT2D eigenvalue weighted by molar-refractivity contribution is 0.263. The molecule has 2 aromatic carbocycles. The average molecular weight is 424 g/mol. The second-order valence-corrected chi connectivity index (χ2v) is 7.22. The van der Waals surface area contributed by atoms with Gasteiger partial charge in [-0.3, -0.25) is 4.98 Å². The van der Waals surface area contributed by atoms with Crippen molar-refractivity contribution in [2.24, 2.45) is 10.7 Å². The van der Waals surface area contributed by atoms with Gasteiger partial charge in [0.1, 0.15) is 23.9 Å². The molecule has 0 radical (unpaired) electrons. The minimum Gasteiger partial charge on any atom is -0.507 e. The average Bonchev–Trinajstić information content (AvgIpc) is 3.07. The Bertz CT molecular complexity index is 1100. The Balaban J connectivity index is 1.79. The number of pyridine rings is 1. The van der Waals surface area contributed by atoms with Crippen LogP contribution in [-0.2, 0) is 10.3 Å². The Kier molecular flexibility index (Phi) is 3.42. The molecule has 2 aliphatic heterocycles. The summed E-state index contributed by atoms with van der Waals surface area (Å²) in [6.45, 7) is 0.223. The molecule has 0 fully saturated rings. The maximum absolute atomic E-state index is 10.2. The van der Waals surface area contributed by atoms with Crippen molar-refractivity contribution in [3.8, 4) is 28.4 Å². The number of fused-ring (bicyclic) bond motifs is 4. The van der Waals surface area contributed by atoms with Gasteiger partial charge in [0.25, 0.3) is 6.02 Å². The first-order valence-electron chi connectivity index (χ1n) is 8.31. The monoisotopic (exact) mass is 423 g/mol. The smallest absolute Gasteiger partial charge is 0.283 e. The summed E-state index contributed by atoms with van der Waals surface area (Å²) < 4.78 is 12.2. The van der Waals surface area contributed by atoms with Gasteiger partial charge in [-0.1, -0.05) is 12.1 Å². The summed E-state index contributed by atoms with van der Waals surface area (Å²) in [6, 6.07) is 13.2. The van der Waals surface area contributed by atoms with E-state index in [1.165, 1.54) is 0 Å². The number of aromatic hydroxyl groups is 1. The van der Waals surface area contributed by atoms with E-state index in [4.69, 9.17) is 15.2 Å². The van der Waals surface area contributed by atoms with Gasteiger partial charge in [0, 0.05) is 29.1 Å². The van der Waals surface area contributed by atoms with Crippen molar-refractivity contribution in [2.75, 3.05) is 6.61 Å². The van der Waals surface area contributed by atoms with Crippen LogP contribution in [-0.4, -0.2) is 22.7 Å². The SMILES string of the molecule is NC1=NC2(CO1)c1cc(-c3cccnc3)ccc1Oc1ccc(O)c(Br)c12. The van der Waals surface area contributed by atoms with Gasteiger partial charge < -0.3 is 20.3 Å². The molecule has 5 rings (SSSR count). The number of phenols is 1. The summed E-state index contributed by atoms with van der Waals surface area (Å²) in [5.41, 5.74) is 8.46. The lowest BCUT2D eigenvalue weighted by atomic mass is 9.80. The largest absolute Gasteiger partial charge is 0.507 e. The third-order valence-corrected chi connectivity index (χ3v) is 5.67. The highest BCUT2D eigenvalue weighted by molar-refractivity contribution is 9.10. The zero-order valence-electron chi connectivity index (χ0n) is 14.0. The molecule has 3 N–H and O–H groups in total. The van der Waals surface area contributed by atoms with Gasteiger partial charge in [0.15, 0.2) is 5.54 Å². The Morgan fingerprint density at radius 2 is 1.96 bits per heavy atom. The predicted molar refractivity (Wildman–Crippen MR) is 104 cm³/mol. The molecule has 3 heterocycles. The molecule has 0 saturated heterocycles. The maximum Gasteiger partial charge on any atom is 0.283 e. The highest BCUT2D eigenvalue weighted by Crippen LogP contribution is 2.55. The molecule has 0 aliphatic carbocycles. The van der Waals surface area contributed by atoms with Crippen LogP contribution in [0.25, 0.3) is 11.1 Å². The molecular weight excluding hydrogens is 410 g/mol. The highest BCUT2D eigenvalue weighted by Gasteiger charge is 2.48. The molecule has 7 heteroatoms. The number of aromatic nitrogens is 1. The number of nitrogens with two attached hydrogens (primary N) is 1. The Hall–Kier alpha value is -3.06. The molecule has 27 heavy (non-hydrogen) atoms. The number of hydrogen-bond donors (Lipinski definition) is 2. The Labute approximate surface area is 163 Å². The summed E-state index contributed by atoms with van der Waals surface area (Å²) in [6.07, 6.45) is 3.54. The number of benzene rings is 2. The van der Waals surface area contributed by atoms with E-state index in [-0.39, 0.29) is 18.4 Å². The van der Waals surface area contributed by atoms with Crippen molar-refractivity contribution in [3.05, 3.63) is 70.5 Å². The molecule has 0 bridgehead atoms. The van der Waals surface area contributed by atoms with Gasteiger partial charge in [0.2, 0.25) is 0 Å². The van der Waals surface area contributed by atoms with Crippen LogP contribution in [0.2, 0.25) is 0 Å². The number of phenolic OH excluding ortho intramolecular Hbond substituents is 1. The molecule has 0 saturated carbocycles. The molecule has 0 amide bonds. The van der Waals surface area contributed by atoms with Gasteiger partial charge in [-0.25, -0.2) is 4.99 Å².